The molecule has 21 heavy (non-hydrogen) atoms. The Kier molecular flexibility index (Phi) is 3.05. The topological polar surface area (TPSA) is 47.6 Å². The number of amides is 1. The molecule has 0 unspecified atom stereocenters. The highest BCUT2D eigenvalue weighted by Gasteiger charge is 2.42. The Labute approximate surface area is 124 Å². The average Bonchev–Trinajstić information content (AvgIpc) is 3.21. The number of carbonyl (C=O) groups excluding carboxylic acids is 1. The van der Waals surface area contributed by atoms with Crippen molar-refractivity contribution in [1.29, 1.82) is 0 Å². The van der Waals surface area contributed by atoms with E-state index in [0.717, 1.165) is 11.8 Å². The fraction of sp³-hybridized carbons (Fsp3) is 0.588. The Balaban J connectivity index is 1.43. The fourth-order valence-electron chi connectivity index (χ4n) is 4.34. The van der Waals surface area contributed by atoms with Crippen molar-refractivity contribution in [3.63, 3.8) is 0 Å². The Hall–Kier alpha value is -1.71. The number of rotatable bonds is 3. The van der Waals surface area contributed by atoms with Crippen molar-refractivity contribution in [3.8, 4) is 11.5 Å². The van der Waals surface area contributed by atoms with Gasteiger partial charge in [0.05, 0.1) is 0 Å². The van der Waals surface area contributed by atoms with Crippen molar-refractivity contribution in [1.82, 2.24) is 5.32 Å². The maximum absolute atomic E-state index is 12.4. The minimum absolute atomic E-state index is 0.0106. The second-order valence-electron chi connectivity index (χ2n) is 6.67. The third-order valence-corrected chi connectivity index (χ3v) is 5.43. The Morgan fingerprint density at radius 3 is 2.86 bits per heavy atom. The highest BCUT2D eigenvalue weighted by Crippen LogP contribution is 2.49. The lowest BCUT2D eigenvalue weighted by Crippen LogP contribution is -2.40. The minimum atomic E-state index is -0.0106. The molecule has 4 rings (SSSR count). The molecule has 1 N–H and O–H groups in total. The van der Waals surface area contributed by atoms with Gasteiger partial charge in [0, 0.05) is 11.6 Å². The van der Waals surface area contributed by atoms with Crippen molar-refractivity contribution < 1.29 is 14.3 Å². The summed E-state index contributed by atoms with van der Waals surface area (Å²) >= 11 is 0. The lowest BCUT2D eigenvalue weighted by atomic mass is 9.84. The van der Waals surface area contributed by atoms with E-state index in [1.165, 1.54) is 25.7 Å². The molecule has 112 valence electrons. The van der Waals surface area contributed by atoms with Crippen LogP contribution in [0.4, 0.5) is 0 Å². The van der Waals surface area contributed by atoms with E-state index in [1.807, 2.05) is 0 Å². The molecule has 1 aromatic rings. The maximum Gasteiger partial charge on any atom is 0.251 e. The molecule has 2 aliphatic carbocycles. The first-order valence-corrected chi connectivity index (χ1v) is 7.91. The standard InChI is InChI=1S/C17H21NO3/c1-10(14-7-11-2-3-12(14)6-11)18-17(19)13-4-5-15-16(8-13)21-9-20-15/h4-5,8,10-12,14H,2-3,6-7,9H2,1H3,(H,18,19)/t10-,11+,12+,14+/m1/s1. The van der Waals surface area contributed by atoms with E-state index in [4.69, 9.17) is 9.47 Å². The van der Waals surface area contributed by atoms with Crippen molar-refractivity contribution in [2.24, 2.45) is 17.8 Å². The second-order valence-corrected chi connectivity index (χ2v) is 6.67. The third kappa shape index (κ3) is 2.27. The Bertz CT molecular complexity index is 571. The van der Waals surface area contributed by atoms with Gasteiger partial charge in [0.25, 0.3) is 5.91 Å². The first-order chi connectivity index (χ1) is 10.2. The smallest absolute Gasteiger partial charge is 0.251 e. The van der Waals surface area contributed by atoms with Crippen LogP contribution in [0.5, 0.6) is 11.5 Å². The van der Waals surface area contributed by atoms with Gasteiger partial charge in [-0.3, -0.25) is 4.79 Å². The summed E-state index contributed by atoms with van der Waals surface area (Å²) in [6.45, 7) is 2.39. The molecule has 0 aromatic heterocycles. The quantitative estimate of drug-likeness (QED) is 0.929. The predicted octanol–water partition coefficient (Wildman–Crippen LogP) is 2.97. The summed E-state index contributed by atoms with van der Waals surface area (Å²) in [7, 11) is 0. The third-order valence-electron chi connectivity index (χ3n) is 5.43. The van der Waals surface area contributed by atoms with E-state index >= 15 is 0 Å². The molecule has 0 saturated heterocycles. The zero-order valence-corrected chi connectivity index (χ0v) is 12.3. The fourth-order valence-corrected chi connectivity index (χ4v) is 4.34. The number of benzene rings is 1. The van der Waals surface area contributed by atoms with Crippen LogP contribution in [0.2, 0.25) is 0 Å². The maximum atomic E-state index is 12.4. The molecule has 2 bridgehead atoms. The normalized spacial score (nSPS) is 30.4. The molecule has 1 aliphatic heterocycles. The molecule has 4 nitrogen and oxygen atoms in total. The van der Waals surface area contributed by atoms with Gasteiger partial charge in [0.15, 0.2) is 11.5 Å². The van der Waals surface area contributed by atoms with Crippen LogP contribution in [0.15, 0.2) is 18.2 Å². The number of fused-ring (bicyclic) bond motifs is 3. The van der Waals surface area contributed by atoms with Crippen molar-refractivity contribution in [3.05, 3.63) is 23.8 Å². The van der Waals surface area contributed by atoms with Crippen LogP contribution in [0.1, 0.15) is 43.0 Å². The van der Waals surface area contributed by atoms with Gasteiger partial charge in [-0.15, -0.1) is 0 Å². The molecule has 3 aliphatic rings. The minimum Gasteiger partial charge on any atom is -0.454 e. The van der Waals surface area contributed by atoms with E-state index in [1.54, 1.807) is 18.2 Å². The molecule has 2 saturated carbocycles. The molecule has 4 atom stereocenters. The molecule has 1 aromatic carbocycles. The lowest BCUT2D eigenvalue weighted by molar-refractivity contribution is 0.0915. The van der Waals surface area contributed by atoms with Crippen LogP contribution in [0.25, 0.3) is 0 Å². The van der Waals surface area contributed by atoms with Gasteiger partial charge in [-0.1, -0.05) is 6.42 Å². The first kappa shape index (κ1) is 13.0. The first-order valence-electron chi connectivity index (χ1n) is 7.91. The van der Waals surface area contributed by atoms with Crippen LogP contribution >= 0.6 is 0 Å². The largest absolute Gasteiger partial charge is 0.454 e. The van der Waals surface area contributed by atoms with Crippen LogP contribution in [0, 0.1) is 17.8 Å². The number of carbonyl (C=O) groups is 1. The second kappa shape index (κ2) is 4.93. The Morgan fingerprint density at radius 2 is 2.10 bits per heavy atom. The average molecular weight is 287 g/mol. The SMILES string of the molecule is C[C@@H](NC(=O)c1ccc2c(c1)OCO2)[C@@H]1C[C@H]2CC[C@H]1C2. The molecule has 2 fully saturated rings. The molecular weight excluding hydrogens is 266 g/mol. The van der Waals surface area contributed by atoms with Gasteiger partial charge in [0.1, 0.15) is 0 Å². The van der Waals surface area contributed by atoms with Gasteiger partial charge >= 0.3 is 0 Å². The highest BCUT2D eigenvalue weighted by molar-refractivity contribution is 5.95. The summed E-state index contributed by atoms with van der Waals surface area (Å²) in [6, 6.07) is 5.62. The van der Waals surface area contributed by atoms with Gasteiger partial charge in [-0.2, -0.15) is 0 Å². The Morgan fingerprint density at radius 1 is 1.24 bits per heavy atom. The molecule has 0 spiro atoms. The number of hydrogen-bond acceptors (Lipinski definition) is 3. The summed E-state index contributed by atoms with van der Waals surface area (Å²) in [5.74, 6) is 3.75. The van der Waals surface area contributed by atoms with Crippen molar-refractivity contribution in [2.75, 3.05) is 6.79 Å². The van der Waals surface area contributed by atoms with Crippen LogP contribution < -0.4 is 14.8 Å². The monoisotopic (exact) mass is 287 g/mol. The van der Waals surface area contributed by atoms with E-state index < -0.39 is 0 Å². The van der Waals surface area contributed by atoms with Gasteiger partial charge in [-0.25, -0.2) is 0 Å². The van der Waals surface area contributed by atoms with Crippen LogP contribution in [-0.2, 0) is 0 Å². The van der Waals surface area contributed by atoms with E-state index in [-0.39, 0.29) is 18.7 Å². The molecular formula is C17H21NO3. The van der Waals surface area contributed by atoms with Crippen molar-refractivity contribution in [2.45, 2.75) is 38.6 Å². The summed E-state index contributed by atoms with van der Waals surface area (Å²) in [6.07, 6.45) is 5.39. The molecule has 1 heterocycles. The van der Waals surface area contributed by atoms with Crippen molar-refractivity contribution >= 4 is 5.91 Å². The molecule has 1 amide bonds. The van der Waals surface area contributed by atoms with Gasteiger partial charge < -0.3 is 14.8 Å². The lowest BCUT2D eigenvalue weighted by Gasteiger charge is -2.28. The summed E-state index contributed by atoms with van der Waals surface area (Å²) in [5.41, 5.74) is 0.647. The zero-order chi connectivity index (χ0) is 14.4. The molecule has 4 heteroatoms. The highest BCUT2D eigenvalue weighted by atomic mass is 16.7. The number of nitrogens with one attached hydrogen (secondary N) is 1. The number of ether oxygens (including phenoxy) is 2. The number of hydrogen-bond donors (Lipinski definition) is 1. The molecule has 0 radical (unpaired) electrons. The summed E-state index contributed by atoms with van der Waals surface area (Å²) in [4.78, 5) is 12.4. The van der Waals surface area contributed by atoms with E-state index in [2.05, 4.69) is 12.2 Å². The van der Waals surface area contributed by atoms with Gasteiger partial charge in [0.2, 0.25) is 6.79 Å². The summed E-state index contributed by atoms with van der Waals surface area (Å²) in [5, 5.41) is 3.18. The predicted molar refractivity (Wildman–Crippen MR) is 78.4 cm³/mol. The van der Waals surface area contributed by atoms with E-state index in [0.29, 0.717) is 23.0 Å². The van der Waals surface area contributed by atoms with Crippen LogP contribution in [0.3, 0.4) is 0 Å². The van der Waals surface area contributed by atoms with E-state index in [9.17, 15) is 4.79 Å². The van der Waals surface area contributed by atoms with Crippen LogP contribution in [-0.4, -0.2) is 18.7 Å². The summed E-state index contributed by atoms with van der Waals surface area (Å²) < 4.78 is 10.6. The van der Waals surface area contributed by atoms with Gasteiger partial charge in [-0.05, 0) is 62.1 Å². The zero-order valence-electron chi connectivity index (χ0n) is 12.3.